The number of hydrogen-bond acceptors (Lipinski definition) is 5. The van der Waals surface area contributed by atoms with Crippen molar-refractivity contribution in [2.24, 2.45) is 0 Å². The largest absolute Gasteiger partial charge is 0.497 e. The molecule has 2 rings (SSSR count). The van der Waals surface area contributed by atoms with E-state index in [-0.39, 0.29) is 17.4 Å². The zero-order chi connectivity index (χ0) is 23.7. The van der Waals surface area contributed by atoms with Gasteiger partial charge in [-0.05, 0) is 18.2 Å². The maximum Gasteiger partial charge on any atom is 0.308 e. The summed E-state index contributed by atoms with van der Waals surface area (Å²) in [5.41, 5.74) is 1.90. The third-order valence-electron chi connectivity index (χ3n) is 4.94. The molecule has 2 aromatic carbocycles. The Hall–Kier alpha value is -3.45. The number of nitrogens with one attached hydrogen (secondary N) is 1. The molecule has 32 heavy (non-hydrogen) atoms. The third kappa shape index (κ3) is 7.35. The molecule has 0 saturated heterocycles. The van der Waals surface area contributed by atoms with E-state index in [0.717, 1.165) is 29.6 Å². The van der Waals surface area contributed by atoms with E-state index < -0.39 is 5.97 Å². The lowest BCUT2D eigenvalue weighted by Crippen LogP contribution is -2.41. The van der Waals surface area contributed by atoms with Crippen LogP contribution >= 0.6 is 0 Å². The highest BCUT2D eigenvalue weighted by Crippen LogP contribution is 2.27. The molecule has 0 aromatic heterocycles. The predicted molar refractivity (Wildman–Crippen MR) is 123 cm³/mol. The van der Waals surface area contributed by atoms with Gasteiger partial charge in [0, 0.05) is 37.1 Å². The van der Waals surface area contributed by atoms with E-state index in [0.29, 0.717) is 23.4 Å². The van der Waals surface area contributed by atoms with Gasteiger partial charge in [-0.3, -0.25) is 14.4 Å². The summed E-state index contributed by atoms with van der Waals surface area (Å²) in [5, 5.41) is 2.78. The number of carbonyl (C=O) groups excluding carboxylic acids is 3. The van der Waals surface area contributed by atoms with Gasteiger partial charge in [0.25, 0.3) is 0 Å². The number of nitrogens with zero attached hydrogens (tertiary/aromatic N) is 1. The van der Waals surface area contributed by atoms with E-state index in [1.807, 2.05) is 12.1 Å². The summed E-state index contributed by atoms with van der Waals surface area (Å²) in [6, 6.07) is 12.2. The minimum Gasteiger partial charge on any atom is -0.497 e. The third-order valence-corrected chi connectivity index (χ3v) is 4.94. The van der Waals surface area contributed by atoms with Crippen LogP contribution in [0.25, 0.3) is 0 Å². The standard InChI is InChI=1S/C25H30N2O5/c1-6-24(29)26-14-7-15-27(3,4)17-19-8-10-20(11-9-19)25(30)22-13-12-21(31-5)16-23(22)32-18(2)28/h6,8-13,16H,1,7,14-15,17H2,2-5H3/p+1. The van der Waals surface area contributed by atoms with Crippen molar-refractivity contribution in [3.8, 4) is 11.5 Å². The maximum absolute atomic E-state index is 13.0. The summed E-state index contributed by atoms with van der Waals surface area (Å²) in [4.78, 5) is 35.7. The highest BCUT2D eigenvalue weighted by atomic mass is 16.5. The van der Waals surface area contributed by atoms with Gasteiger partial charge in [0.2, 0.25) is 5.91 Å². The molecule has 2 aromatic rings. The van der Waals surface area contributed by atoms with Gasteiger partial charge in [0.05, 0.1) is 33.3 Å². The highest BCUT2D eigenvalue weighted by molar-refractivity contribution is 6.11. The molecule has 0 aliphatic carbocycles. The lowest BCUT2D eigenvalue weighted by Gasteiger charge is -2.30. The summed E-state index contributed by atoms with van der Waals surface area (Å²) < 4.78 is 11.1. The molecule has 0 radical (unpaired) electrons. The second-order valence-electron chi connectivity index (χ2n) is 8.15. The number of rotatable bonds is 11. The number of carbonyl (C=O) groups is 3. The number of ether oxygens (including phenoxy) is 2. The molecule has 0 bridgehead atoms. The number of quaternary nitrogens is 1. The van der Waals surface area contributed by atoms with E-state index >= 15 is 0 Å². The van der Waals surface area contributed by atoms with Crippen LogP contribution in [0.2, 0.25) is 0 Å². The lowest BCUT2D eigenvalue weighted by atomic mass is 10.0. The van der Waals surface area contributed by atoms with E-state index in [4.69, 9.17) is 9.47 Å². The molecule has 0 atom stereocenters. The summed E-state index contributed by atoms with van der Waals surface area (Å²) in [6.45, 7) is 7.00. The Morgan fingerprint density at radius 1 is 1.09 bits per heavy atom. The summed E-state index contributed by atoms with van der Waals surface area (Å²) in [6.07, 6.45) is 2.11. The van der Waals surface area contributed by atoms with Gasteiger partial charge in [0.15, 0.2) is 5.78 Å². The topological polar surface area (TPSA) is 81.7 Å². The van der Waals surface area contributed by atoms with Crippen molar-refractivity contribution in [2.45, 2.75) is 19.9 Å². The first-order chi connectivity index (χ1) is 15.1. The summed E-state index contributed by atoms with van der Waals surface area (Å²) in [5.74, 6) is -0.234. The quantitative estimate of drug-likeness (QED) is 0.145. The van der Waals surface area contributed by atoms with E-state index in [9.17, 15) is 14.4 Å². The van der Waals surface area contributed by atoms with Crippen LogP contribution in [0.15, 0.2) is 55.1 Å². The molecule has 170 valence electrons. The smallest absolute Gasteiger partial charge is 0.308 e. The number of hydrogen-bond donors (Lipinski definition) is 1. The second kappa shape index (κ2) is 11.2. The molecule has 0 saturated carbocycles. The van der Waals surface area contributed by atoms with Crippen LogP contribution in [0.4, 0.5) is 0 Å². The SMILES string of the molecule is C=CC(=O)NCCC[N+](C)(C)Cc1ccc(C(=O)c2ccc(OC)cc2OC(C)=O)cc1. The van der Waals surface area contributed by atoms with Crippen LogP contribution in [0.5, 0.6) is 11.5 Å². The molecule has 0 fully saturated rings. The van der Waals surface area contributed by atoms with Crippen molar-refractivity contribution in [3.63, 3.8) is 0 Å². The normalized spacial score (nSPS) is 10.9. The summed E-state index contributed by atoms with van der Waals surface area (Å²) >= 11 is 0. The predicted octanol–water partition coefficient (Wildman–Crippen LogP) is 3.12. The lowest BCUT2D eigenvalue weighted by molar-refractivity contribution is -0.903. The molecular weight excluding hydrogens is 408 g/mol. The van der Waals surface area contributed by atoms with Crippen LogP contribution in [-0.4, -0.2) is 56.4 Å². The average Bonchev–Trinajstić information content (AvgIpc) is 2.75. The fourth-order valence-corrected chi connectivity index (χ4v) is 3.34. The van der Waals surface area contributed by atoms with Crippen molar-refractivity contribution in [2.75, 3.05) is 34.3 Å². The van der Waals surface area contributed by atoms with Crippen molar-refractivity contribution in [3.05, 3.63) is 71.8 Å². The van der Waals surface area contributed by atoms with Crippen LogP contribution < -0.4 is 14.8 Å². The monoisotopic (exact) mass is 439 g/mol. The molecule has 1 N–H and O–H groups in total. The molecule has 7 heteroatoms. The van der Waals surface area contributed by atoms with Crippen LogP contribution in [0.3, 0.4) is 0 Å². The van der Waals surface area contributed by atoms with Gasteiger partial charge in [-0.1, -0.05) is 30.8 Å². The van der Waals surface area contributed by atoms with Gasteiger partial charge in [-0.25, -0.2) is 0 Å². The number of methoxy groups -OCH3 is 1. The van der Waals surface area contributed by atoms with Crippen molar-refractivity contribution in [1.82, 2.24) is 5.32 Å². The van der Waals surface area contributed by atoms with Gasteiger partial charge in [0.1, 0.15) is 18.0 Å². The first-order valence-electron chi connectivity index (χ1n) is 10.4. The maximum atomic E-state index is 13.0. The fourth-order valence-electron chi connectivity index (χ4n) is 3.34. The Balaban J connectivity index is 2.07. The van der Waals surface area contributed by atoms with E-state index in [1.54, 1.807) is 24.3 Å². The zero-order valence-corrected chi connectivity index (χ0v) is 19.1. The molecule has 0 aliphatic rings. The van der Waals surface area contributed by atoms with Crippen molar-refractivity contribution in [1.29, 1.82) is 0 Å². The molecule has 0 heterocycles. The highest BCUT2D eigenvalue weighted by Gasteiger charge is 2.19. The molecule has 1 amide bonds. The molecule has 0 unspecified atom stereocenters. The van der Waals surface area contributed by atoms with Gasteiger partial charge < -0.3 is 19.3 Å². The molecule has 0 aliphatic heterocycles. The molecule has 0 spiro atoms. The second-order valence-corrected chi connectivity index (χ2v) is 8.15. The fraction of sp³-hybridized carbons (Fsp3) is 0.320. The number of benzene rings is 2. The minimum absolute atomic E-state index is 0.163. The van der Waals surface area contributed by atoms with Gasteiger partial charge in [-0.2, -0.15) is 0 Å². The van der Waals surface area contributed by atoms with E-state index in [2.05, 4.69) is 26.0 Å². The Morgan fingerprint density at radius 3 is 2.38 bits per heavy atom. The van der Waals surface area contributed by atoms with Crippen LogP contribution in [0.1, 0.15) is 34.8 Å². The number of esters is 1. The number of amides is 1. The Morgan fingerprint density at radius 2 is 1.78 bits per heavy atom. The Labute approximate surface area is 189 Å². The zero-order valence-electron chi connectivity index (χ0n) is 19.1. The van der Waals surface area contributed by atoms with E-state index in [1.165, 1.54) is 26.2 Å². The summed E-state index contributed by atoms with van der Waals surface area (Å²) in [7, 11) is 5.75. The van der Waals surface area contributed by atoms with Gasteiger partial charge in [-0.15, -0.1) is 0 Å². The first-order valence-corrected chi connectivity index (χ1v) is 10.4. The Bertz CT molecular complexity index is 980. The van der Waals surface area contributed by atoms with Gasteiger partial charge >= 0.3 is 5.97 Å². The average molecular weight is 440 g/mol. The van der Waals surface area contributed by atoms with Crippen molar-refractivity contribution < 1.29 is 28.3 Å². The van der Waals surface area contributed by atoms with Crippen LogP contribution in [-0.2, 0) is 16.1 Å². The molecule has 7 nitrogen and oxygen atoms in total. The molecular formula is C25H31N2O5+. The Kier molecular flexibility index (Phi) is 8.72. The van der Waals surface area contributed by atoms with Crippen LogP contribution in [0, 0.1) is 0 Å². The van der Waals surface area contributed by atoms with Crippen molar-refractivity contribution >= 4 is 17.7 Å². The number of ketones is 1. The minimum atomic E-state index is -0.508. The first kappa shape index (κ1) is 24.8.